The number of amides is 2. The third-order valence-electron chi connectivity index (χ3n) is 3.79. The predicted octanol–water partition coefficient (Wildman–Crippen LogP) is 3.23. The van der Waals surface area contributed by atoms with Crippen LogP contribution < -0.4 is 0 Å². The lowest BCUT2D eigenvalue weighted by Crippen LogP contribution is -2.51. The van der Waals surface area contributed by atoms with Crippen LogP contribution >= 0.6 is 0 Å². The van der Waals surface area contributed by atoms with Gasteiger partial charge in [-0.1, -0.05) is 18.2 Å². The smallest absolute Gasteiger partial charge is 0.418 e. The fraction of sp³-hybridized carbons (Fsp3) is 0.375. The van der Waals surface area contributed by atoms with Crippen molar-refractivity contribution in [3.05, 3.63) is 35.5 Å². The number of hydrogen-bond donors (Lipinski definition) is 1. The summed E-state index contributed by atoms with van der Waals surface area (Å²) < 4.78 is 47.1. The standard InChI is InChI=1S/C16H15F3N2O4/c1-2-24-15(23)21-12(25-8-16(17,18)19)7-11-13(14(21)22)9-5-3-4-6-10(9)20-11/h3-6,12,20H,2,7-8H2,1H3. The zero-order valence-electron chi connectivity index (χ0n) is 13.2. The fourth-order valence-corrected chi connectivity index (χ4v) is 2.83. The van der Waals surface area contributed by atoms with E-state index >= 15 is 0 Å². The number of carbonyl (C=O) groups is 2. The number of fused-ring (bicyclic) bond motifs is 3. The molecule has 0 bridgehead atoms. The summed E-state index contributed by atoms with van der Waals surface area (Å²) in [5.74, 6) is -0.746. The molecular formula is C16H15F3N2O4. The molecule has 1 aliphatic heterocycles. The van der Waals surface area contributed by atoms with Gasteiger partial charge in [0.2, 0.25) is 0 Å². The Bertz CT molecular complexity index is 815. The van der Waals surface area contributed by atoms with Gasteiger partial charge in [0.25, 0.3) is 5.91 Å². The second kappa shape index (κ2) is 6.40. The van der Waals surface area contributed by atoms with Crippen LogP contribution in [0.2, 0.25) is 0 Å². The average molecular weight is 356 g/mol. The van der Waals surface area contributed by atoms with Crippen LogP contribution in [0.5, 0.6) is 0 Å². The van der Waals surface area contributed by atoms with Crippen LogP contribution in [0.15, 0.2) is 24.3 Å². The number of halogens is 3. The van der Waals surface area contributed by atoms with E-state index in [9.17, 15) is 22.8 Å². The molecule has 2 amide bonds. The summed E-state index contributed by atoms with van der Waals surface area (Å²) in [7, 11) is 0. The van der Waals surface area contributed by atoms with Crippen molar-refractivity contribution in [2.45, 2.75) is 25.7 Å². The van der Waals surface area contributed by atoms with Gasteiger partial charge in [-0.05, 0) is 13.0 Å². The monoisotopic (exact) mass is 356 g/mol. The van der Waals surface area contributed by atoms with Crippen LogP contribution in [-0.4, -0.2) is 47.5 Å². The summed E-state index contributed by atoms with van der Waals surface area (Å²) in [5, 5.41) is 0.589. The molecule has 0 aliphatic carbocycles. The van der Waals surface area contributed by atoms with Gasteiger partial charge in [0, 0.05) is 23.0 Å². The molecule has 0 radical (unpaired) electrons. The third kappa shape index (κ3) is 3.32. The number of hydrogen-bond acceptors (Lipinski definition) is 4. The van der Waals surface area contributed by atoms with Gasteiger partial charge in [0.1, 0.15) is 12.8 Å². The maximum atomic E-state index is 12.8. The first-order valence-electron chi connectivity index (χ1n) is 7.60. The predicted molar refractivity (Wildman–Crippen MR) is 81.0 cm³/mol. The average Bonchev–Trinajstić information content (AvgIpc) is 2.90. The number of para-hydroxylation sites is 1. The quantitative estimate of drug-likeness (QED) is 0.917. The molecule has 3 rings (SSSR count). The number of aromatic amines is 1. The first-order chi connectivity index (χ1) is 11.8. The van der Waals surface area contributed by atoms with Crippen molar-refractivity contribution in [1.82, 2.24) is 9.88 Å². The van der Waals surface area contributed by atoms with Crippen molar-refractivity contribution in [3.8, 4) is 0 Å². The van der Waals surface area contributed by atoms with Crippen molar-refractivity contribution in [2.75, 3.05) is 13.2 Å². The van der Waals surface area contributed by atoms with E-state index in [1.165, 1.54) is 6.92 Å². The minimum atomic E-state index is -4.58. The normalized spacial score (nSPS) is 17.7. The largest absolute Gasteiger partial charge is 0.449 e. The Labute approximate surface area is 140 Å². The van der Waals surface area contributed by atoms with Crippen LogP contribution in [0.1, 0.15) is 23.0 Å². The number of nitrogens with zero attached hydrogens (tertiary/aromatic N) is 1. The van der Waals surface area contributed by atoms with Crippen LogP contribution in [0.4, 0.5) is 18.0 Å². The number of aromatic nitrogens is 1. The minimum Gasteiger partial charge on any atom is -0.449 e. The highest BCUT2D eigenvalue weighted by Gasteiger charge is 2.42. The van der Waals surface area contributed by atoms with Crippen molar-refractivity contribution in [1.29, 1.82) is 0 Å². The zero-order chi connectivity index (χ0) is 18.2. The second-order valence-corrected chi connectivity index (χ2v) is 5.48. The van der Waals surface area contributed by atoms with Crippen LogP contribution in [0, 0.1) is 0 Å². The van der Waals surface area contributed by atoms with Gasteiger partial charge >= 0.3 is 12.3 Å². The van der Waals surface area contributed by atoms with E-state index in [-0.39, 0.29) is 18.6 Å². The van der Waals surface area contributed by atoms with Crippen molar-refractivity contribution < 1.29 is 32.2 Å². The summed E-state index contributed by atoms with van der Waals surface area (Å²) in [6.07, 6.45) is -7.08. The van der Waals surface area contributed by atoms with E-state index in [1.54, 1.807) is 24.3 Å². The number of H-pyrrole nitrogens is 1. The molecule has 0 spiro atoms. The highest BCUT2D eigenvalue weighted by Crippen LogP contribution is 2.31. The maximum Gasteiger partial charge on any atom is 0.418 e. The molecule has 0 saturated carbocycles. The molecule has 6 nitrogen and oxygen atoms in total. The molecule has 9 heteroatoms. The van der Waals surface area contributed by atoms with E-state index in [4.69, 9.17) is 9.47 Å². The number of alkyl halides is 3. The number of imide groups is 1. The van der Waals surface area contributed by atoms with E-state index in [0.717, 1.165) is 0 Å². The number of nitrogens with one attached hydrogen (secondary N) is 1. The Morgan fingerprint density at radius 2 is 2.08 bits per heavy atom. The summed E-state index contributed by atoms with van der Waals surface area (Å²) in [6, 6.07) is 6.92. The van der Waals surface area contributed by atoms with E-state index in [0.29, 0.717) is 21.5 Å². The van der Waals surface area contributed by atoms with Crippen LogP contribution in [0.25, 0.3) is 10.9 Å². The molecule has 2 heterocycles. The molecule has 1 aromatic carbocycles. The maximum absolute atomic E-state index is 12.8. The molecule has 0 saturated heterocycles. The van der Waals surface area contributed by atoms with Gasteiger partial charge in [-0.3, -0.25) is 4.79 Å². The van der Waals surface area contributed by atoms with Crippen molar-refractivity contribution >= 4 is 22.9 Å². The van der Waals surface area contributed by atoms with E-state index in [2.05, 4.69) is 4.98 Å². The van der Waals surface area contributed by atoms with Gasteiger partial charge in [0.05, 0.1) is 12.2 Å². The topological polar surface area (TPSA) is 71.6 Å². The van der Waals surface area contributed by atoms with Gasteiger partial charge in [-0.15, -0.1) is 0 Å². The molecule has 25 heavy (non-hydrogen) atoms. The molecule has 1 aromatic heterocycles. The van der Waals surface area contributed by atoms with E-state index in [1.807, 2.05) is 0 Å². The van der Waals surface area contributed by atoms with Crippen molar-refractivity contribution in [2.24, 2.45) is 0 Å². The first-order valence-corrected chi connectivity index (χ1v) is 7.60. The lowest BCUT2D eigenvalue weighted by molar-refractivity contribution is -0.197. The molecule has 134 valence electrons. The Hall–Kier alpha value is -2.55. The summed E-state index contributed by atoms with van der Waals surface area (Å²) >= 11 is 0. The minimum absolute atomic E-state index is 0.0185. The molecule has 0 fully saturated rings. The molecule has 1 unspecified atom stereocenters. The lowest BCUT2D eigenvalue weighted by atomic mass is 10.0. The van der Waals surface area contributed by atoms with Gasteiger partial charge in [-0.25, -0.2) is 9.69 Å². The van der Waals surface area contributed by atoms with Gasteiger partial charge < -0.3 is 14.5 Å². The lowest BCUT2D eigenvalue weighted by Gasteiger charge is -2.33. The molecule has 1 aliphatic rings. The molecule has 1 N–H and O–H groups in total. The molecular weight excluding hydrogens is 341 g/mol. The van der Waals surface area contributed by atoms with Gasteiger partial charge in [0.15, 0.2) is 0 Å². The molecule has 1 atom stereocenters. The Morgan fingerprint density at radius 3 is 2.76 bits per heavy atom. The first kappa shape index (κ1) is 17.3. The Kier molecular flexibility index (Phi) is 4.42. The Morgan fingerprint density at radius 1 is 1.36 bits per heavy atom. The Balaban J connectivity index is 2.00. The van der Waals surface area contributed by atoms with Gasteiger partial charge in [-0.2, -0.15) is 13.2 Å². The van der Waals surface area contributed by atoms with Crippen LogP contribution in [0.3, 0.4) is 0 Å². The summed E-state index contributed by atoms with van der Waals surface area (Å²) in [6.45, 7) is -0.0548. The summed E-state index contributed by atoms with van der Waals surface area (Å²) in [4.78, 5) is 28.5. The fourth-order valence-electron chi connectivity index (χ4n) is 2.83. The summed E-state index contributed by atoms with van der Waals surface area (Å²) in [5.41, 5.74) is 1.33. The SMILES string of the molecule is CCOC(=O)N1C(=O)c2c([nH]c3ccccc23)CC1OCC(F)(F)F. The number of rotatable bonds is 3. The molecule has 2 aromatic rings. The van der Waals surface area contributed by atoms with E-state index < -0.39 is 31.0 Å². The zero-order valence-corrected chi connectivity index (χ0v) is 13.2. The number of ether oxygens (including phenoxy) is 2. The number of carbonyl (C=O) groups excluding carboxylic acids is 2. The highest BCUT2D eigenvalue weighted by molar-refractivity contribution is 6.13. The number of benzene rings is 1. The highest BCUT2D eigenvalue weighted by atomic mass is 19.4. The van der Waals surface area contributed by atoms with Crippen LogP contribution in [-0.2, 0) is 15.9 Å². The van der Waals surface area contributed by atoms with Crippen molar-refractivity contribution in [3.63, 3.8) is 0 Å². The third-order valence-corrected chi connectivity index (χ3v) is 3.79. The second-order valence-electron chi connectivity index (χ2n) is 5.48.